The lowest BCUT2D eigenvalue weighted by molar-refractivity contribution is 0.0592. The Balaban J connectivity index is 3.24. The first-order chi connectivity index (χ1) is 8.81. The summed E-state index contributed by atoms with van der Waals surface area (Å²) in [5.74, 6) is -5.02. The summed E-state index contributed by atoms with van der Waals surface area (Å²) in [7, 11) is 0. The minimum atomic E-state index is -2.21. The van der Waals surface area contributed by atoms with Gasteiger partial charge in [-0.25, -0.2) is 22.0 Å². The molecule has 0 amide bonds. The van der Waals surface area contributed by atoms with Crippen molar-refractivity contribution < 1.29 is 26.7 Å². The molecule has 0 radical (unpaired) electrons. The molecule has 0 heterocycles. The van der Waals surface area contributed by atoms with Crippen LogP contribution >= 0.6 is 0 Å². The summed E-state index contributed by atoms with van der Waals surface area (Å²) in [5, 5.41) is 0. The van der Waals surface area contributed by atoms with Crippen molar-refractivity contribution in [3.8, 4) is 0 Å². The molecule has 108 valence electrons. The van der Waals surface area contributed by atoms with E-state index < -0.39 is 40.7 Å². The zero-order valence-corrected chi connectivity index (χ0v) is 10.2. The largest absolute Gasteiger partial charge is 0.377 e. The van der Waals surface area contributed by atoms with Crippen LogP contribution in [0, 0.1) is 29.1 Å². The van der Waals surface area contributed by atoms with Crippen LogP contribution in [0.1, 0.15) is 25.5 Å². The van der Waals surface area contributed by atoms with Gasteiger partial charge in [-0.05, 0) is 13.8 Å². The molecule has 1 rings (SSSR count). The zero-order chi connectivity index (χ0) is 14.7. The summed E-state index contributed by atoms with van der Waals surface area (Å²) >= 11 is 0. The highest BCUT2D eigenvalue weighted by Crippen LogP contribution is 2.27. The van der Waals surface area contributed by atoms with Gasteiger partial charge in [0.2, 0.25) is 5.82 Å². The molecule has 3 nitrogen and oxygen atoms in total. The van der Waals surface area contributed by atoms with Crippen LogP contribution in [-0.2, 0) is 4.74 Å². The summed E-state index contributed by atoms with van der Waals surface area (Å²) in [5.41, 5.74) is 0.926. The zero-order valence-electron chi connectivity index (χ0n) is 10.2. The number of hydrazine groups is 1. The maximum atomic E-state index is 13.5. The third-order valence-electron chi connectivity index (χ3n) is 2.39. The van der Waals surface area contributed by atoms with Crippen LogP contribution < -0.4 is 11.3 Å². The van der Waals surface area contributed by atoms with Gasteiger partial charge in [0, 0.05) is 0 Å². The molecule has 8 heteroatoms. The number of rotatable bonds is 5. The molecule has 1 aromatic rings. The Hall–Kier alpha value is -1.25. The van der Waals surface area contributed by atoms with Crippen molar-refractivity contribution in [3.63, 3.8) is 0 Å². The van der Waals surface area contributed by atoms with Crippen molar-refractivity contribution in [2.45, 2.75) is 26.0 Å². The van der Waals surface area contributed by atoms with E-state index in [0.717, 1.165) is 0 Å². The SMILES string of the molecule is CC(C)OCC(NN)c1c(F)c(F)c(F)c(F)c1F. The van der Waals surface area contributed by atoms with Gasteiger partial charge in [-0.15, -0.1) is 0 Å². The highest BCUT2D eigenvalue weighted by molar-refractivity contribution is 5.27. The van der Waals surface area contributed by atoms with Crippen LogP contribution in [0.4, 0.5) is 22.0 Å². The van der Waals surface area contributed by atoms with E-state index in [9.17, 15) is 22.0 Å². The third-order valence-corrected chi connectivity index (χ3v) is 2.39. The Morgan fingerprint density at radius 3 is 1.74 bits per heavy atom. The summed E-state index contributed by atoms with van der Waals surface area (Å²) in [4.78, 5) is 0. The lowest BCUT2D eigenvalue weighted by Crippen LogP contribution is -2.34. The van der Waals surface area contributed by atoms with E-state index in [2.05, 4.69) is 0 Å². The van der Waals surface area contributed by atoms with Gasteiger partial charge in [-0.2, -0.15) is 0 Å². The lowest BCUT2D eigenvalue weighted by atomic mass is 10.1. The molecule has 0 bridgehead atoms. The van der Waals surface area contributed by atoms with E-state index in [1.807, 2.05) is 5.43 Å². The van der Waals surface area contributed by atoms with Crippen molar-refractivity contribution in [2.24, 2.45) is 5.84 Å². The number of hydrogen-bond acceptors (Lipinski definition) is 3. The number of benzene rings is 1. The minimum Gasteiger partial charge on any atom is -0.377 e. The Morgan fingerprint density at radius 1 is 0.947 bits per heavy atom. The first-order valence-corrected chi connectivity index (χ1v) is 5.40. The predicted molar refractivity (Wildman–Crippen MR) is 57.4 cm³/mol. The summed E-state index contributed by atoms with van der Waals surface area (Å²) in [6.07, 6.45) is -0.294. The van der Waals surface area contributed by atoms with E-state index in [-0.39, 0.29) is 12.7 Å². The number of ether oxygens (including phenoxy) is 1. The van der Waals surface area contributed by atoms with E-state index in [0.29, 0.717) is 0 Å². The second-order valence-electron chi connectivity index (χ2n) is 4.08. The van der Waals surface area contributed by atoms with Gasteiger partial charge in [0.15, 0.2) is 23.3 Å². The van der Waals surface area contributed by atoms with Crippen LogP contribution in [0.15, 0.2) is 0 Å². The monoisotopic (exact) mass is 284 g/mol. The second-order valence-corrected chi connectivity index (χ2v) is 4.08. The molecule has 0 aliphatic carbocycles. The molecule has 0 aliphatic heterocycles. The molecule has 0 fully saturated rings. The topological polar surface area (TPSA) is 47.3 Å². The smallest absolute Gasteiger partial charge is 0.200 e. The summed E-state index contributed by atoms with van der Waals surface area (Å²) < 4.78 is 71.0. The molecule has 1 unspecified atom stereocenters. The predicted octanol–water partition coefficient (Wildman–Crippen LogP) is 2.31. The molecule has 1 aromatic carbocycles. The van der Waals surface area contributed by atoms with Crippen molar-refractivity contribution in [3.05, 3.63) is 34.6 Å². The quantitative estimate of drug-likeness (QED) is 0.287. The number of halogens is 5. The summed E-state index contributed by atoms with van der Waals surface area (Å²) in [6.45, 7) is 2.95. The molecular weight excluding hydrogens is 271 g/mol. The van der Waals surface area contributed by atoms with E-state index in [1.165, 1.54) is 0 Å². The Morgan fingerprint density at radius 2 is 1.37 bits per heavy atom. The first-order valence-electron chi connectivity index (χ1n) is 5.40. The van der Waals surface area contributed by atoms with Gasteiger partial charge < -0.3 is 4.74 Å². The lowest BCUT2D eigenvalue weighted by Gasteiger charge is -2.20. The van der Waals surface area contributed by atoms with Gasteiger partial charge in [-0.3, -0.25) is 11.3 Å². The van der Waals surface area contributed by atoms with Gasteiger partial charge in [0.05, 0.1) is 24.3 Å². The van der Waals surface area contributed by atoms with E-state index >= 15 is 0 Å². The Kier molecular flexibility index (Phi) is 5.21. The van der Waals surface area contributed by atoms with Gasteiger partial charge in [0.25, 0.3) is 0 Å². The van der Waals surface area contributed by atoms with Crippen LogP contribution in [0.2, 0.25) is 0 Å². The average Bonchev–Trinajstić information content (AvgIpc) is 2.37. The maximum absolute atomic E-state index is 13.5. The Bertz CT molecular complexity index is 438. The van der Waals surface area contributed by atoms with Crippen molar-refractivity contribution >= 4 is 0 Å². The van der Waals surface area contributed by atoms with Crippen LogP contribution in [0.25, 0.3) is 0 Å². The summed E-state index contributed by atoms with van der Waals surface area (Å²) in [6, 6.07) is -1.35. The van der Waals surface area contributed by atoms with Gasteiger partial charge in [-0.1, -0.05) is 0 Å². The van der Waals surface area contributed by atoms with Crippen LogP contribution in [0.3, 0.4) is 0 Å². The molecule has 0 saturated heterocycles. The maximum Gasteiger partial charge on any atom is 0.200 e. The molecule has 1 atom stereocenters. The molecule has 3 N–H and O–H groups in total. The van der Waals surface area contributed by atoms with Crippen molar-refractivity contribution in [1.82, 2.24) is 5.43 Å². The standard InChI is InChI=1S/C11H13F5N2O/c1-4(2)19-3-5(18-17)6-7(12)9(14)11(16)10(15)8(6)13/h4-5,18H,3,17H2,1-2H3. The fraction of sp³-hybridized carbons (Fsp3) is 0.455. The fourth-order valence-electron chi connectivity index (χ4n) is 1.43. The minimum absolute atomic E-state index is 0.294. The Labute approximate surface area is 106 Å². The fourth-order valence-corrected chi connectivity index (χ4v) is 1.43. The third kappa shape index (κ3) is 3.20. The van der Waals surface area contributed by atoms with E-state index in [1.54, 1.807) is 13.8 Å². The first kappa shape index (κ1) is 15.8. The molecule has 0 saturated carbocycles. The molecule has 0 spiro atoms. The molecular formula is C11H13F5N2O. The molecule has 0 aromatic heterocycles. The molecule has 19 heavy (non-hydrogen) atoms. The number of hydrogen-bond donors (Lipinski definition) is 2. The molecule has 0 aliphatic rings. The average molecular weight is 284 g/mol. The number of nitrogens with one attached hydrogen (secondary N) is 1. The van der Waals surface area contributed by atoms with Crippen molar-refractivity contribution in [1.29, 1.82) is 0 Å². The van der Waals surface area contributed by atoms with Gasteiger partial charge >= 0.3 is 0 Å². The van der Waals surface area contributed by atoms with E-state index in [4.69, 9.17) is 10.6 Å². The second kappa shape index (κ2) is 6.27. The van der Waals surface area contributed by atoms with Gasteiger partial charge in [0.1, 0.15) is 0 Å². The number of nitrogens with two attached hydrogens (primary N) is 1. The van der Waals surface area contributed by atoms with Crippen LogP contribution in [-0.4, -0.2) is 12.7 Å². The normalized spacial score (nSPS) is 13.1. The van der Waals surface area contributed by atoms with Crippen LogP contribution in [0.5, 0.6) is 0 Å². The van der Waals surface area contributed by atoms with Crippen molar-refractivity contribution in [2.75, 3.05) is 6.61 Å². The highest BCUT2D eigenvalue weighted by atomic mass is 19.2. The highest BCUT2D eigenvalue weighted by Gasteiger charge is 2.30.